The number of aromatic nitrogens is 3. The molecule has 1 fully saturated rings. The van der Waals surface area contributed by atoms with Gasteiger partial charge in [0.25, 0.3) is 0 Å². The molecule has 1 aliphatic rings. The third-order valence-corrected chi connectivity index (χ3v) is 4.14. The summed E-state index contributed by atoms with van der Waals surface area (Å²) in [6.45, 7) is 3.60. The van der Waals surface area contributed by atoms with E-state index in [2.05, 4.69) is 30.5 Å². The molecule has 0 spiro atoms. The molecular weight excluding hydrogens is 304 g/mol. The molecule has 3 rings (SSSR count). The smallest absolute Gasteiger partial charge is 0.315 e. The summed E-state index contributed by atoms with van der Waals surface area (Å²) in [6.07, 6.45) is 6.98. The van der Waals surface area contributed by atoms with Crippen LogP contribution < -0.4 is 15.5 Å². The third kappa shape index (κ3) is 4.18. The van der Waals surface area contributed by atoms with E-state index in [0.717, 1.165) is 37.6 Å². The van der Waals surface area contributed by atoms with Crippen molar-refractivity contribution in [2.24, 2.45) is 0 Å². The number of carbonyl (C=O) groups excluding carboxylic acids is 1. The molecule has 1 aliphatic heterocycles. The summed E-state index contributed by atoms with van der Waals surface area (Å²) in [5.41, 5.74) is 0.851. The molecule has 3 heterocycles. The number of hydrogen-bond acceptors (Lipinski definition) is 5. The van der Waals surface area contributed by atoms with E-state index in [9.17, 15) is 4.79 Å². The van der Waals surface area contributed by atoms with Gasteiger partial charge in [-0.05, 0) is 38.0 Å². The molecule has 2 aromatic rings. The maximum Gasteiger partial charge on any atom is 0.315 e. The maximum absolute atomic E-state index is 12.2. The van der Waals surface area contributed by atoms with Gasteiger partial charge in [-0.2, -0.15) is 0 Å². The highest BCUT2D eigenvalue weighted by molar-refractivity contribution is 5.74. The number of rotatable bonds is 4. The number of amides is 2. The van der Waals surface area contributed by atoms with Crippen molar-refractivity contribution >= 4 is 12.0 Å². The summed E-state index contributed by atoms with van der Waals surface area (Å²) in [7, 11) is 0. The second-order valence-corrected chi connectivity index (χ2v) is 5.90. The zero-order valence-electron chi connectivity index (χ0n) is 13.7. The van der Waals surface area contributed by atoms with E-state index in [-0.39, 0.29) is 18.1 Å². The summed E-state index contributed by atoms with van der Waals surface area (Å²) in [4.78, 5) is 27.1. The zero-order valence-corrected chi connectivity index (χ0v) is 13.7. The average molecular weight is 326 g/mol. The zero-order chi connectivity index (χ0) is 16.8. The van der Waals surface area contributed by atoms with Crippen LogP contribution >= 0.6 is 0 Å². The fraction of sp³-hybridized carbons (Fsp3) is 0.412. The Labute approximate surface area is 141 Å². The first-order valence-electron chi connectivity index (χ1n) is 8.22. The maximum atomic E-state index is 12.2. The third-order valence-electron chi connectivity index (χ3n) is 4.14. The molecule has 1 saturated heterocycles. The van der Waals surface area contributed by atoms with Crippen molar-refractivity contribution in [3.05, 3.63) is 48.5 Å². The topological polar surface area (TPSA) is 83.0 Å². The molecule has 1 atom stereocenters. The Morgan fingerprint density at radius 1 is 1.12 bits per heavy atom. The number of hydrogen-bond donors (Lipinski definition) is 2. The number of nitrogens with zero attached hydrogens (tertiary/aromatic N) is 4. The predicted molar refractivity (Wildman–Crippen MR) is 91.6 cm³/mol. The highest BCUT2D eigenvalue weighted by Gasteiger charge is 2.22. The Balaban J connectivity index is 1.45. The minimum atomic E-state index is -0.150. The first-order chi connectivity index (χ1) is 11.7. The summed E-state index contributed by atoms with van der Waals surface area (Å²) < 4.78 is 0. The molecule has 126 valence electrons. The van der Waals surface area contributed by atoms with E-state index in [0.29, 0.717) is 0 Å². The lowest BCUT2D eigenvalue weighted by Gasteiger charge is -2.32. The molecule has 2 aromatic heterocycles. The van der Waals surface area contributed by atoms with Crippen LogP contribution in [-0.2, 0) is 0 Å². The number of piperidine rings is 1. The van der Waals surface area contributed by atoms with Gasteiger partial charge in [0.05, 0.1) is 11.7 Å². The van der Waals surface area contributed by atoms with E-state index in [1.54, 1.807) is 18.6 Å². The van der Waals surface area contributed by atoms with Crippen molar-refractivity contribution in [2.45, 2.75) is 31.8 Å². The number of pyridine rings is 1. The first kappa shape index (κ1) is 16.2. The van der Waals surface area contributed by atoms with Crippen LogP contribution in [0, 0.1) is 0 Å². The normalized spacial score (nSPS) is 16.5. The van der Waals surface area contributed by atoms with Gasteiger partial charge in [0, 0.05) is 37.7 Å². The molecule has 2 amide bonds. The molecule has 0 saturated carbocycles. The molecule has 0 aliphatic carbocycles. The monoisotopic (exact) mass is 326 g/mol. The summed E-state index contributed by atoms with van der Waals surface area (Å²) in [5, 5.41) is 5.98. The minimum Gasteiger partial charge on any atom is -0.341 e. The van der Waals surface area contributed by atoms with Crippen molar-refractivity contribution in [1.82, 2.24) is 25.6 Å². The van der Waals surface area contributed by atoms with E-state index in [4.69, 9.17) is 0 Å². The fourth-order valence-electron chi connectivity index (χ4n) is 2.81. The molecule has 24 heavy (non-hydrogen) atoms. The standard InChI is InChI=1S/C17H22N6O/c1-13(15-5-2-3-8-18-15)21-17(24)22-14-6-11-23(12-7-14)16-19-9-4-10-20-16/h2-5,8-10,13-14H,6-7,11-12H2,1H3,(H2,21,22,24)/t13-/m1/s1. The van der Waals surface area contributed by atoms with Crippen molar-refractivity contribution in [3.8, 4) is 0 Å². The predicted octanol–water partition coefficient (Wildman–Crippen LogP) is 1.90. The Bertz CT molecular complexity index is 643. The fourth-order valence-corrected chi connectivity index (χ4v) is 2.81. The van der Waals surface area contributed by atoms with Gasteiger partial charge in [-0.25, -0.2) is 14.8 Å². The van der Waals surface area contributed by atoms with Crippen LogP contribution in [0.15, 0.2) is 42.9 Å². The molecule has 0 aromatic carbocycles. The van der Waals surface area contributed by atoms with Crippen LogP contribution in [0.5, 0.6) is 0 Å². The van der Waals surface area contributed by atoms with Crippen LogP contribution in [0.2, 0.25) is 0 Å². The lowest BCUT2D eigenvalue weighted by Crippen LogP contribution is -2.48. The minimum absolute atomic E-state index is 0.121. The van der Waals surface area contributed by atoms with E-state index < -0.39 is 0 Å². The van der Waals surface area contributed by atoms with Gasteiger partial charge in [-0.3, -0.25) is 4.98 Å². The van der Waals surface area contributed by atoms with Crippen LogP contribution in [0.1, 0.15) is 31.5 Å². The highest BCUT2D eigenvalue weighted by atomic mass is 16.2. The second-order valence-electron chi connectivity index (χ2n) is 5.90. The SMILES string of the molecule is C[C@@H](NC(=O)NC1CCN(c2ncccn2)CC1)c1ccccn1. The van der Waals surface area contributed by atoms with Crippen molar-refractivity contribution in [1.29, 1.82) is 0 Å². The quantitative estimate of drug-likeness (QED) is 0.896. The highest BCUT2D eigenvalue weighted by Crippen LogP contribution is 2.15. The Morgan fingerprint density at radius 2 is 1.83 bits per heavy atom. The summed E-state index contributed by atoms with van der Waals surface area (Å²) in [5.74, 6) is 0.754. The number of carbonyl (C=O) groups is 1. The lowest BCUT2D eigenvalue weighted by atomic mass is 10.1. The van der Waals surface area contributed by atoms with E-state index in [1.807, 2.05) is 31.2 Å². The molecule has 0 radical (unpaired) electrons. The molecular formula is C17H22N6O. The van der Waals surface area contributed by atoms with Crippen LogP contribution in [-0.4, -0.2) is 40.1 Å². The van der Waals surface area contributed by atoms with Gasteiger partial charge >= 0.3 is 6.03 Å². The average Bonchev–Trinajstić information content (AvgIpc) is 2.64. The molecule has 7 heteroatoms. The van der Waals surface area contributed by atoms with Crippen molar-refractivity contribution in [2.75, 3.05) is 18.0 Å². The van der Waals surface area contributed by atoms with E-state index in [1.165, 1.54) is 0 Å². The van der Waals surface area contributed by atoms with Crippen molar-refractivity contribution < 1.29 is 4.79 Å². The number of urea groups is 1. The molecule has 0 bridgehead atoms. The summed E-state index contributed by atoms with van der Waals surface area (Å²) in [6, 6.07) is 7.39. The molecule has 2 N–H and O–H groups in total. The lowest BCUT2D eigenvalue weighted by molar-refractivity contribution is 0.231. The number of anilines is 1. The van der Waals surface area contributed by atoms with Crippen LogP contribution in [0.4, 0.5) is 10.7 Å². The first-order valence-corrected chi connectivity index (χ1v) is 8.22. The van der Waals surface area contributed by atoms with Crippen molar-refractivity contribution in [3.63, 3.8) is 0 Å². The van der Waals surface area contributed by atoms with Gasteiger partial charge in [-0.15, -0.1) is 0 Å². The number of nitrogens with one attached hydrogen (secondary N) is 2. The second kappa shape index (κ2) is 7.72. The Hall–Kier alpha value is -2.70. The summed E-state index contributed by atoms with van der Waals surface area (Å²) >= 11 is 0. The van der Waals surface area contributed by atoms with Crippen LogP contribution in [0.3, 0.4) is 0 Å². The molecule has 0 unspecified atom stereocenters. The van der Waals surface area contributed by atoms with Gasteiger partial charge in [0.1, 0.15) is 0 Å². The Morgan fingerprint density at radius 3 is 2.50 bits per heavy atom. The van der Waals surface area contributed by atoms with Gasteiger partial charge < -0.3 is 15.5 Å². The van der Waals surface area contributed by atoms with Gasteiger partial charge in [0.2, 0.25) is 5.95 Å². The Kier molecular flexibility index (Phi) is 5.20. The largest absolute Gasteiger partial charge is 0.341 e. The van der Waals surface area contributed by atoms with Gasteiger partial charge in [-0.1, -0.05) is 6.07 Å². The van der Waals surface area contributed by atoms with E-state index >= 15 is 0 Å². The molecule has 7 nitrogen and oxygen atoms in total. The van der Waals surface area contributed by atoms with Crippen LogP contribution in [0.25, 0.3) is 0 Å². The van der Waals surface area contributed by atoms with Gasteiger partial charge in [0.15, 0.2) is 0 Å².